The zero-order chi connectivity index (χ0) is 14.9. The number of benzene rings is 2. The van der Waals surface area contributed by atoms with Gasteiger partial charge >= 0.3 is 0 Å². The maximum atomic E-state index is 5.94. The van der Waals surface area contributed by atoms with E-state index in [0.29, 0.717) is 0 Å². The van der Waals surface area contributed by atoms with Crippen LogP contribution >= 0.6 is 11.6 Å². The lowest BCUT2D eigenvalue weighted by atomic mass is 10.1. The highest BCUT2D eigenvalue weighted by Gasteiger charge is 2.05. The Morgan fingerprint density at radius 2 is 1.68 bits per heavy atom. The first-order valence-corrected chi connectivity index (χ1v) is 7.38. The Bertz CT molecular complexity index is 925. The summed E-state index contributed by atoms with van der Waals surface area (Å²) < 4.78 is 2.05. The molecule has 0 aliphatic carbocycles. The molecule has 4 aromatic rings. The third-order valence-electron chi connectivity index (χ3n) is 3.63. The third kappa shape index (κ3) is 2.38. The van der Waals surface area contributed by atoms with Gasteiger partial charge in [0.25, 0.3) is 0 Å². The summed E-state index contributed by atoms with van der Waals surface area (Å²) in [5.74, 6) is 0. The number of fused-ring (bicyclic) bond motifs is 1. The molecule has 0 aliphatic rings. The molecule has 2 aromatic heterocycles. The summed E-state index contributed by atoms with van der Waals surface area (Å²) >= 11 is 5.94. The lowest BCUT2D eigenvalue weighted by Crippen LogP contribution is -1.84. The molecule has 2 heterocycles. The number of hydrogen-bond donors (Lipinski definition) is 0. The van der Waals surface area contributed by atoms with Crippen LogP contribution in [0.2, 0.25) is 5.02 Å². The number of pyridine rings is 1. The van der Waals surface area contributed by atoms with Gasteiger partial charge in [-0.15, -0.1) is 0 Å². The van der Waals surface area contributed by atoms with E-state index in [2.05, 4.69) is 29.4 Å². The summed E-state index contributed by atoms with van der Waals surface area (Å²) in [7, 11) is 0. The van der Waals surface area contributed by atoms with Crippen molar-refractivity contribution in [2.45, 2.75) is 0 Å². The molecule has 3 heteroatoms. The zero-order valence-corrected chi connectivity index (χ0v) is 12.5. The van der Waals surface area contributed by atoms with E-state index in [0.717, 1.165) is 33.1 Å². The molecule has 0 spiro atoms. The highest BCUT2D eigenvalue weighted by Crippen LogP contribution is 2.24. The van der Waals surface area contributed by atoms with E-state index < -0.39 is 0 Å². The lowest BCUT2D eigenvalue weighted by Gasteiger charge is -2.01. The van der Waals surface area contributed by atoms with Crippen molar-refractivity contribution < 1.29 is 0 Å². The SMILES string of the molecule is Clc1ccc(-c2cn3cc(-c4c[c]ccc4)ccc3n2)cc1. The average molecular weight is 304 g/mol. The molecule has 2 nitrogen and oxygen atoms in total. The largest absolute Gasteiger partial charge is 0.306 e. The van der Waals surface area contributed by atoms with Crippen LogP contribution in [0.3, 0.4) is 0 Å². The van der Waals surface area contributed by atoms with Crippen molar-refractivity contribution in [1.29, 1.82) is 0 Å². The van der Waals surface area contributed by atoms with Crippen LogP contribution in [0.4, 0.5) is 0 Å². The quantitative estimate of drug-likeness (QED) is 0.502. The fourth-order valence-corrected chi connectivity index (χ4v) is 2.62. The van der Waals surface area contributed by atoms with E-state index in [1.807, 2.05) is 59.1 Å². The van der Waals surface area contributed by atoms with E-state index in [1.54, 1.807) is 0 Å². The molecule has 0 saturated carbocycles. The van der Waals surface area contributed by atoms with Gasteiger partial charge < -0.3 is 4.40 Å². The monoisotopic (exact) mass is 303 g/mol. The number of halogens is 1. The number of imidazole rings is 1. The van der Waals surface area contributed by atoms with Gasteiger partial charge in [0.05, 0.1) is 5.69 Å². The predicted molar refractivity (Wildman–Crippen MR) is 89.9 cm³/mol. The van der Waals surface area contributed by atoms with Crippen molar-refractivity contribution in [3.63, 3.8) is 0 Å². The van der Waals surface area contributed by atoms with Gasteiger partial charge in [0.1, 0.15) is 5.65 Å². The van der Waals surface area contributed by atoms with Crippen molar-refractivity contribution in [2.75, 3.05) is 0 Å². The first-order chi connectivity index (χ1) is 10.8. The highest BCUT2D eigenvalue weighted by molar-refractivity contribution is 6.30. The molecule has 22 heavy (non-hydrogen) atoms. The Hall–Kier alpha value is -2.58. The normalized spacial score (nSPS) is 11.0. The maximum absolute atomic E-state index is 5.94. The van der Waals surface area contributed by atoms with E-state index in [4.69, 9.17) is 11.6 Å². The van der Waals surface area contributed by atoms with E-state index in [-0.39, 0.29) is 0 Å². The fraction of sp³-hybridized carbons (Fsp3) is 0. The molecule has 0 atom stereocenters. The second kappa shape index (κ2) is 5.32. The molecular formula is C19H12ClN2. The van der Waals surface area contributed by atoms with Gasteiger partial charge in [0.2, 0.25) is 0 Å². The minimum absolute atomic E-state index is 0.732. The Morgan fingerprint density at radius 3 is 2.45 bits per heavy atom. The van der Waals surface area contributed by atoms with Gasteiger partial charge in [-0.3, -0.25) is 0 Å². The summed E-state index contributed by atoms with van der Waals surface area (Å²) in [5, 5.41) is 0.732. The summed E-state index contributed by atoms with van der Waals surface area (Å²) in [6.07, 6.45) is 4.12. The minimum atomic E-state index is 0.732. The van der Waals surface area contributed by atoms with Crippen molar-refractivity contribution in [2.24, 2.45) is 0 Å². The van der Waals surface area contributed by atoms with Crippen LogP contribution in [-0.4, -0.2) is 9.38 Å². The third-order valence-corrected chi connectivity index (χ3v) is 3.88. The van der Waals surface area contributed by atoms with Crippen LogP contribution in [0.1, 0.15) is 0 Å². The molecule has 1 radical (unpaired) electrons. The second-order valence-corrected chi connectivity index (χ2v) is 5.54. The van der Waals surface area contributed by atoms with Crippen LogP contribution in [0.15, 0.2) is 73.1 Å². The minimum Gasteiger partial charge on any atom is -0.306 e. The summed E-state index contributed by atoms with van der Waals surface area (Å²) in [6, 6.07) is 22.9. The van der Waals surface area contributed by atoms with Gasteiger partial charge in [-0.25, -0.2) is 4.98 Å². The number of aromatic nitrogens is 2. The molecule has 105 valence electrons. The van der Waals surface area contributed by atoms with Crippen molar-refractivity contribution in [1.82, 2.24) is 9.38 Å². The van der Waals surface area contributed by atoms with Crippen LogP contribution in [0.5, 0.6) is 0 Å². The second-order valence-electron chi connectivity index (χ2n) is 5.11. The van der Waals surface area contributed by atoms with Crippen molar-refractivity contribution in [3.05, 3.63) is 84.1 Å². The van der Waals surface area contributed by atoms with Gasteiger partial charge in [-0.1, -0.05) is 41.9 Å². The molecule has 0 fully saturated rings. The summed E-state index contributed by atoms with van der Waals surface area (Å²) in [6.45, 7) is 0. The Labute approximate surface area is 133 Å². The molecule has 0 bridgehead atoms. The van der Waals surface area contributed by atoms with Gasteiger partial charge in [-0.05, 0) is 47.5 Å². The van der Waals surface area contributed by atoms with Crippen LogP contribution < -0.4 is 0 Å². The summed E-state index contributed by atoms with van der Waals surface area (Å²) in [4.78, 5) is 4.66. The number of nitrogens with zero attached hydrogens (tertiary/aromatic N) is 2. The first kappa shape index (κ1) is 13.1. The highest BCUT2D eigenvalue weighted by atomic mass is 35.5. The molecule has 2 aromatic carbocycles. The predicted octanol–water partition coefficient (Wildman–Crippen LogP) is 5.12. The molecule has 0 N–H and O–H groups in total. The topological polar surface area (TPSA) is 17.3 Å². The number of hydrogen-bond acceptors (Lipinski definition) is 1. The van der Waals surface area contributed by atoms with Gasteiger partial charge in [0, 0.05) is 23.0 Å². The van der Waals surface area contributed by atoms with Crippen molar-refractivity contribution in [3.8, 4) is 22.4 Å². The van der Waals surface area contributed by atoms with Crippen LogP contribution in [0.25, 0.3) is 28.0 Å². The Morgan fingerprint density at radius 1 is 0.864 bits per heavy atom. The molecular weight excluding hydrogens is 292 g/mol. The zero-order valence-electron chi connectivity index (χ0n) is 11.7. The maximum Gasteiger partial charge on any atom is 0.137 e. The molecule has 0 saturated heterocycles. The van der Waals surface area contributed by atoms with Crippen LogP contribution in [-0.2, 0) is 0 Å². The van der Waals surface area contributed by atoms with Crippen molar-refractivity contribution >= 4 is 17.2 Å². The average Bonchev–Trinajstić information content (AvgIpc) is 2.99. The number of rotatable bonds is 2. The van der Waals surface area contributed by atoms with E-state index in [9.17, 15) is 0 Å². The van der Waals surface area contributed by atoms with Gasteiger partial charge in [0.15, 0.2) is 0 Å². The smallest absolute Gasteiger partial charge is 0.137 e. The fourth-order valence-electron chi connectivity index (χ4n) is 2.50. The first-order valence-electron chi connectivity index (χ1n) is 7.01. The van der Waals surface area contributed by atoms with Gasteiger partial charge in [-0.2, -0.15) is 0 Å². The lowest BCUT2D eigenvalue weighted by molar-refractivity contribution is 1.19. The van der Waals surface area contributed by atoms with E-state index in [1.165, 1.54) is 0 Å². The Balaban J connectivity index is 1.80. The van der Waals surface area contributed by atoms with Crippen LogP contribution in [0, 0.1) is 6.07 Å². The summed E-state index contributed by atoms with van der Waals surface area (Å²) in [5.41, 5.74) is 5.21. The molecule has 4 rings (SSSR count). The Kier molecular flexibility index (Phi) is 3.17. The molecule has 0 unspecified atom stereocenters. The molecule has 0 amide bonds. The van der Waals surface area contributed by atoms with E-state index >= 15 is 0 Å². The molecule has 0 aliphatic heterocycles. The standard InChI is InChI=1S/C19H12ClN2/c20-17-9-6-15(7-10-17)18-13-22-12-16(8-11-19(22)21-18)14-4-2-1-3-5-14/h1-2,4-13H.